The largest absolute Gasteiger partial charge is 0.490 e. The molecule has 2 aromatic rings. The van der Waals surface area contributed by atoms with Crippen molar-refractivity contribution in [2.75, 3.05) is 18.1 Å². The number of halogens is 2. The number of amides is 4. The van der Waals surface area contributed by atoms with Crippen LogP contribution in [-0.2, 0) is 9.59 Å². The highest BCUT2D eigenvalue weighted by Crippen LogP contribution is 2.38. The third kappa shape index (κ3) is 4.98. The molecule has 4 amide bonds. The molecular weight excluding hydrogens is 488 g/mol. The maximum absolute atomic E-state index is 13.0. The number of carbonyl (C=O) groups is 3. The number of ether oxygens (including phenoxy) is 2. The second kappa shape index (κ2) is 9.80. The molecule has 1 aliphatic rings. The fraction of sp³-hybridized carbons (Fsp3) is 0.136. The van der Waals surface area contributed by atoms with E-state index in [-0.39, 0.29) is 17.9 Å². The van der Waals surface area contributed by atoms with Crippen LogP contribution in [0.4, 0.5) is 10.5 Å². The molecule has 0 bridgehead atoms. The summed E-state index contributed by atoms with van der Waals surface area (Å²) < 4.78 is 11.8. The van der Waals surface area contributed by atoms with Crippen molar-refractivity contribution >= 4 is 57.1 Å². The lowest BCUT2D eigenvalue weighted by molar-refractivity contribution is -0.122. The molecule has 1 saturated heterocycles. The molecule has 31 heavy (non-hydrogen) atoms. The smallest absolute Gasteiger partial charge is 0.335 e. The van der Waals surface area contributed by atoms with E-state index in [0.717, 1.165) is 4.90 Å². The Morgan fingerprint density at radius 3 is 2.52 bits per heavy atom. The van der Waals surface area contributed by atoms with Gasteiger partial charge in [0.05, 0.1) is 16.8 Å². The van der Waals surface area contributed by atoms with Crippen molar-refractivity contribution in [3.05, 3.63) is 69.7 Å². The molecule has 3 rings (SSSR count). The first kappa shape index (κ1) is 22.6. The van der Waals surface area contributed by atoms with Crippen molar-refractivity contribution in [3.8, 4) is 11.5 Å². The van der Waals surface area contributed by atoms with Gasteiger partial charge >= 0.3 is 6.03 Å². The number of anilines is 1. The number of nitrogens with zero attached hydrogens (tertiary/aromatic N) is 1. The lowest BCUT2D eigenvalue weighted by atomic mass is 10.1. The van der Waals surface area contributed by atoms with E-state index in [0.29, 0.717) is 33.2 Å². The predicted molar refractivity (Wildman–Crippen MR) is 121 cm³/mol. The number of imide groups is 2. The monoisotopic (exact) mass is 504 g/mol. The van der Waals surface area contributed by atoms with Gasteiger partial charge in [-0.25, -0.2) is 9.69 Å². The first-order valence-corrected chi connectivity index (χ1v) is 10.4. The van der Waals surface area contributed by atoms with Gasteiger partial charge in [-0.1, -0.05) is 24.3 Å². The highest BCUT2D eigenvalue weighted by molar-refractivity contribution is 9.10. The SMILES string of the molecule is C=CCOc1c(Br)cc(/C=C2\C(=O)NC(=O)N(c3ccc(Cl)cc3)C2=O)cc1OCC. The molecule has 1 fully saturated rings. The Balaban J connectivity index is 2.01. The topological polar surface area (TPSA) is 84.9 Å². The van der Waals surface area contributed by atoms with Gasteiger partial charge in [-0.05, 0) is 70.9 Å². The van der Waals surface area contributed by atoms with Crippen molar-refractivity contribution < 1.29 is 23.9 Å². The molecule has 0 saturated carbocycles. The molecule has 0 radical (unpaired) electrons. The minimum absolute atomic E-state index is 0.205. The summed E-state index contributed by atoms with van der Waals surface area (Å²) >= 11 is 9.31. The molecule has 1 aliphatic heterocycles. The summed E-state index contributed by atoms with van der Waals surface area (Å²) in [6.07, 6.45) is 2.99. The van der Waals surface area contributed by atoms with E-state index in [9.17, 15) is 14.4 Å². The Morgan fingerprint density at radius 2 is 1.87 bits per heavy atom. The summed E-state index contributed by atoms with van der Waals surface area (Å²) in [5.41, 5.74) is 0.587. The number of rotatable bonds is 7. The van der Waals surface area contributed by atoms with Gasteiger partial charge in [-0.2, -0.15) is 0 Å². The minimum Gasteiger partial charge on any atom is -0.490 e. The zero-order chi connectivity index (χ0) is 22.5. The summed E-state index contributed by atoms with van der Waals surface area (Å²) in [5.74, 6) is -0.639. The Labute approximate surface area is 192 Å². The van der Waals surface area contributed by atoms with Crippen molar-refractivity contribution in [2.45, 2.75) is 6.92 Å². The molecule has 0 aromatic heterocycles. The Kier molecular flexibility index (Phi) is 7.14. The molecule has 160 valence electrons. The quantitative estimate of drug-likeness (QED) is 0.334. The molecule has 1 heterocycles. The highest BCUT2D eigenvalue weighted by atomic mass is 79.9. The first-order valence-electron chi connectivity index (χ1n) is 9.22. The fourth-order valence-electron chi connectivity index (χ4n) is 2.87. The van der Waals surface area contributed by atoms with Crippen LogP contribution in [0.2, 0.25) is 5.02 Å². The number of barbiturate groups is 1. The van der Waals surface area contributed by atoms with Crippen LogP contribution in [0.25, 0.3) is 6.08 Å². The second-order valence-electron chi connectivity index (χ2n) is 6.30. The van der Waals surface area contributed by atoms with E-state index >= 15 is 0 Å². The van der Waals surface area contributed by atoms with Crippen LogP contribution < -0.4 is 19.7 Å². The molecular formula is C22H18BrClN2O5. The number of carbonyl (C=O) groups excluding carboxylic acids is 3. The van der Waals surface area contributed by atoms with Crippen LogP contribution in [0, 0.1) is 0 Å². The van der Waals surface area contributed by atoms with Gasteiger partial charge in [0.25, 0.3) is 11.8 Å². The van der Waals surface area contributed by atoms with Crippen LogP contribution in [0.15, 0.2) is 59.1 Å². The van der Waals surface area contributed by atoms with Gasteiger partial charge in [0, 0.05) is 5.02 Å². The van der Waals surface area contributed by atoms with E-state index in [2.05, 4.69) is 27.8 Å². The van der Waals surface area contributed by atoms with Crippen molar-refractivity contribution in [1.29, 1.82) is 0 Å². The maximum atomic E-state index is 13.0. The third-order valence-corrected chi connectivity index (χ3v) is 5.02. The van der Waals surface area contributed by atoms with Gasteiger partial charge in [0.15, 0.2) is 11.5 Å². The normalized spacial score (nSPS) is 15.1. The maximum Gasteiger partial charge on any atom is 0.335 e. The Bertz CT molecular complexity index is 1080. The molecule has 1 N–H and O–H groups in total. The van der Waals surface area contributed by atoms with E-state index in [4.69, 9.17) is 21.1 Å². The average Bonchev–Trinajstić information content (AvgIpc) is 2.72. The van der Waals surface area contributed by atoms with Crippen LogP contribution in [0.1, 0.15) is 12.5 Å². The summed E-state index contributed by atoms with van der Waals surface area (Å²) in [6, 6.07) is 8.61. The van der Waals surface area contributed by atoms with Crippen LogP contribution in [-0.4, -0.2) is 31.1 Å². The first-order chi connectivity index (χ1) is 14.8. The number of nitrogens with one attached hydrogen (secondary N) is 1. The Hall–Kier alpha value is -3.10. The zero-order valence-electron chi connectivity index (χ0n) is 16.5. The lowest BCUT2D eigenvalue weighted by Gasteiger charge is -2.26. The van der Waals surface area contributed by atoms with Gasteiger partial charge < -0.3 is 9.47 Å². The van der Waals surface area contributed by atoms with Crippen LogP contribution in [0.5, 0.6) is 11.5 Å². The van der Waals surface area contributed by atoms with E-state index < -0.39 is 17.8 Å². The number of benzene rings is 2. The Morgan fingerprint density at radius 1 is 1.16 bits per heavy atom. The second-order valence-corrected chi connectivity index (χ2v) is 7.59. The predicted octanol–water partition coefficient (Wildman–Crippen LogP) is 4.73. The number of hydrogen-bond acceptors (Lipinski definition) is 5. The number of urea groups is 1. The van der Waals surface area contributed by atoms with E-state index in [1.807, 2.05) is 6.92 Å². The van der Waals surface area contributed by atoms with Crippen molar-refractivity contribution in [1.82, 2.24) is 5.32 Å². The van der Waals surface area contributed by atoms with Gasteiger partial charge in [-0.3, -0.25) is 14.9 Å². The molecule has 9 heteroatoms. The van der Waals surface area contributed by atoms with Gasteiger partial charge in [-0.15, -0.1) is 0 Å². The standard InChI is InChI=1S/C22H18BrClN2O5/c1-3-9-31-19-17(23)11-13(12-18(19)30-4-2)10-16-20(27)25-22(29)26(21(16)28)15-7-5-14(24)6-8-15/h3,5-8,10-12H,1,4,9H2,2H3,(H,25,27,29)/b16-10+. The molecule has 0 atom stereocenters. The summed E-state index contributed by atoms with van der Waals surface area (Å²) in [4.78, 5) is 38.6. The van der Waals surface area contributed by atoms with E-state index in [1.165, 1.54) is 18.2 Å². The summed E-state index contributed by atoms with van der Waals surface area (Å²) in [5, 5.41) is 2.64. The molecule has 7 nitrogen and oxygen atoms in total. The molecule has 0 aliphatic carbocycles. The summed E-state index contributed by atoms with van der Waals surface area (Å²) in [7, 11) is 0. The molecule has 0 unspecified atom stereocenters. The van der Waals surface area contributed by atoms with Crippen LogP contribution >= 0.6 is 27.5 Å². The van der Waals surface area contributed by atoms with E-state index in [1.54, 1.807) is 30.3 Å². The summed E-state index contributed by atoms with van der Waals surface area (Å²) in [6.45, 7) is 6.11. The number of hydrogen-bond donors (Lipinski definition) is 1. The zero-order valence-corrected chi connectivity index (χ0v) is 18.8. The highest BCUT2D eigenvalue weighted by Gasteiger charge is 2.36. The fourth-order valence-corrected chi connectivity index (χ4v) is 3.57. The lowest BCUT2D eigenvalue weighted by Crippen LogP contribution is -2.54. The molecule has 0 spiro atoms. The van der Waals surface area contributed by atoms with Gasteiger partial charge in [0.1, 0.15) is 12.2 Å². The minimum atomic E-state index is -0.834. The molecule has 2 aromatic carbocycles. The van der Waals surface area contributed by atoms with Crippen LogP contribution in [0.3, 0.4) is 0 Å². The van der Waals surface area contributed by atoms with Gasteiger partial charge in [0.2, 0.25) is 0 Å². The van der Waals surface area contributed by atoms with Crippen molar-refractivity contribution in [2.24, 2.45) is 0 Å². The third-order valence-electron chi connectivity index (χ3n) is 4.17. The average molecular weight is 506 g/mol. The van der Waals surface area contributed by atoms with Crippen molar-refractivity contribution in [3.63, 3.8) is 0 Å².